The first-order valence-corrected chi connectivity index (χ1v) is 7.67. The third-order valence-electron chi connectivity index (χ3n) is 3.07. The first-order chi connectivity index (χ1) is 9.49. The molecular weight excluding hydrogens is 291 g/mol. The molecule has 0 saturated heterocycles. The SMILES string of the molecule is CC(C)C(Nc1ccc(F)cc1C(N)=S)c1cccs1. The summed E-state index contributed by atoms with van der Waals surface area (Å²) in [5.41, 5.74) is 6.99. The molecule has 1 heterocycles. The second-order valence-electron chi connectivity index (χ2n) is 4.94. The van der Waals surface area contributed by atoms with Crippen LogP contribution in [0.25, 0.3) is 0 Å². The summed E-state index contributed by atoms with van der Waals surface area (Å²) >= 11 is 6.70. The fraction of sp³-hybridized carbons (Fsp3) is 0.267. The summed E-state index contributed by atoms with van der Waals surface area (Å²) in [5, 5.41) is 5.48. The van der Waals surface area contributed by atoms with Crippen LogP contribution >= 0.6 is 23.6 Å². The minimum Gasteiger partial charge on any atom is -0.389 e. The smallest absolute Gasteiger partial charge is 0.124 e. The van der Waals surface area contributed by atoms with E-state index in [1.807, 2.05) is 11.4 Å². The third-order valence-corrected chi connectivity index (χ3v) is 4.25. The third kappa shape index (κ3) is 3.35. The first-order valence-electron chi connectivity index (χ1n) is 6.38. The lowest BCUT2D eigenvalue weighted by Crippen LogP contribution is -2.19. The van der Waals surface area contributed by atoms with Crippen molar-refractivity contribution in [2.45, 2.75) is 19.9 Å². The van der Waals surface area contributed by atoms with E-state index in [9.17, 15) is 4.39 Å². The van der Waals surface area contributed by atoms with Gasteiger partial charge in [-0.2, -0.15) is 0 Å². The highest BCUT2D eigenvalue weighted by atomic mass is 32.1. The largest absolute Gasteiger partial charge is 0.389 e. The molecule has 0 saturated carbocycles. The predicted octanol–water partition coefficient (Wildman–Crippen LogP) is 4.33. The fourth-order valence-electron chi connectivity index (χ4n) is 2.05. The van der Waals surface area contributed by atoms with Crippen molar-refractivity contribution in [3.8, 4) is 0 Å². The predicted molar refractivity (Wildman–Crippen MR) is 87.8 cm³/mol. The summed E-state index contributed by atoms with van der Waals surface area (Å²) in [6.45, 7) is 4.28. The Morgan fingerprint density at radius 3 is 2.65 bits per heavy atom. The van der Waals surface area contributed by atoms with Crippen molar-refractivity contribution in [2.75, 3.05) is 5.32 Å². The molecule has 5 heteroatoms. The van der Waals surface area contributed by atoms with Crippen molar-refractivity contribution in [1.29, 1.82) is 0 Å². The molecule has 1 unspecified atom stereocenters. The summed E-state index contributed by atoms with van der Waals surface area (Å²) < 4.78 is 13.3. The first kappa shape index (κ1) is 14.9. The molecule has 1 atom stereocenters. The van der Waals surface area contributed by atoms with Gasteiger partial charge in [-0.25, -0.2) is 4.39 Å². The molecule has 0 amide bonds. The van der Waals surface area contributed by atoms with Gasteiger partial charge in [-0.15, -0.1) is 11.3 Å². The molecule has 0 spiro atoms. The molecule has 2 aromatic rings. The Labute approximate surface area is 127 Å². The number of nitrogens with one attached hydrogen (secondary N) is 1. The Kier molecular flexibility index (Phi) is 4.73. The highest BCUT2D eigenvalue weighted by molar-refractivity contribution is 7.80. The zero-order chi connectivity index (χ0) is 14.7. The van der Waals surface area contributed by atoms with E-state index in [0.29, 0.717) is 11.5 Å². The Balaban J connectivity index is 2.34. The quantitative estimate of drug-likeness (QED) is 0.807. The summed E-state index contributed by atoms with van der Waals surface area (Å²) in [7, 11) is 0. The molecule has 2 nitrogen and oxygen atoms in total. The lowest BCUT2D eigenvalue weighted by molar-refractivity contribution is 0.553. The second-order valence-corrected chi connectivity index (χ2v) is 6.35. The van der Waals surface area contributed by atoms with E-state index in [2.05, 4.69) is 25.2 Å². The van der Waals surface area contributed by atoms with Crippen LogP contribution in [0.4, 0.5) is 10.1 Å². The molecule has 2 rings (SSSR count). The molecule has 3 N–H and O–H groups in total. The molecule has 0 aliphatic rings. The van der Waals surface area contributed by atoms with Gasteiger partial charge in [0.15, 0.2) is 0 Å². The standard InChI is InChI=1S/C15H17FN2S2/c1-9(2)14(13-4-3-7-20-13)18-12-6-5-10(16)8-11(12)15(17)19/h3-9,14,18H,1-2H3,(H2,17,19). The Bertz CT molecular complexity index is 594. The van der Waals surface area contributed by atoms with Crippen LogP contribution < -0.4 is 11.1 Å². The highest BCUT2D eigenvalue weighted by Crippen LogP contribution is 2.31. The van der Waals surface area contributed by atoms with Gasteiger partial charge in [-0.05, 0) is 35.6 Å². The zero-order valence-electron chi connectivity index (χ0n) is 11.4. The lowest BCUT2D eigenvalue weighted by atomic mass is 10.0. The van der Waals surface area contributed by atoms with Crippen molar-refractivity contribution in [3.05, 3.63) is 52.0 Å². The molecule has 0 fully saturated rings. The van der Waals surface area contributed by atoms with E-state index < -0.39 is 0 Å². The van der Waals surface area contributed by atoms with Gasteiger partial charge in [0.25, 0.3) is 0 Å². The van der Waals surface area contributed by atoms with Gasteiger partial charge in [0, 0.05) is 16.1 Å². The van der Waals surface area contributed by atoms with Gasteiger partial charge in [-0.3, -0.25) is 0 Å². The summed E-state index contributed by atoms with van der Waals surface area (Å²) in [6, 6.07) is 8.73. The highest BCUT2D eigenvalue weighted by Gasteiger charge is 2.18. The summed E-state index contributed by atoms with van der Waals surface area (Å²) in [5.74, 6) is 0.0495. The van der Waals surface area contributed by atoms with Crippen LogP contribution in [-0.2, 0) is 0 Å². The summed E-state index contributed by atoms with van der Waals surface area (Å²) in [6.07, 6.45) is 0. The molecule has 1 aromatic carbocycles. The van der Waals surface area contributed by atoms with Gasteiger partial charge in [0.05, 0.1) is 6.04 Å². The number of thiophene rings is 1. The number of thiocarbonyl (C=S) groups is 1. The number of hydrogen-bond acceptors (Lipinski definition) is 3. The molecule has 20 heavy (non-hydrogen) atoms. The number of hydrogen-bond donors (Lipinski definition) is 2. The van der Waals surface area contributed by atoms with Gasteiger partial charge in [0.2, 0.25) is 0 Å². The zero-order valence-corrected chi connectivity index (χ0v) is 13.0. The van der Waals surface area contributed by atoms with Crippen molar-refractivity contribution in [3.63, 3.8) is 0 Å². The van der Waals surface area contributed by atoms with E-state index in [1.54, 1.807) is 17.4 Å². The number of nitrogens with two attached hydrogens (primary N) is 1. The van der Waals surface area contributed by atoms with Gasteiger partial charge >= 0.3 is 0 Å². The minimum atomic E-state index is -0.337. The van der Waals surface area contributed by atoms with E-state index in [-0.39, 0.29) is 16.8 Å². The number of anilines is 1. The maximum absolute atomic E-state index is 13.3. The van der Waals surface area contributed by atoms with Gasteiger partial charge < -0.3 is 11.1 Å². The molecule has 0 bridgehead atoms. The normalized spacial score (nSPS) is 12.4. The Morgan fingerprint density at radius 2 is 2.10 bits per heavy atom. The van der Waals surface area contributed by atoms with E-state index in [0.717, 1.165) is 5.69 Å². The topological polar surface area (TPSA) is 38.0 Å². The fourth-order valence-corrected chi connectivity index (χ4v) is 3.17. The van der Waals surface area contributed by atoms with E-state index in [4.69, 9.17) is 18.0 Å². The van der Waals surface area contributed by atoms with Crippen molar-refractivity contribution in [1.82, 2.24) is 0 Å². The average Bonchev–Trinajstić information content (AvgIpc) is 2.90. The van der Waals surface area contributed by atoms with Crippen molar-refractivity contribution in [2.24, 2.45) is 11.7 Å². The summed E-state index contributed by atoms with van der Waals surface area (Å²) in [4.78, 5) is 1.43. The van der Waals surface area contributed by atoms with Crippen LogP contribution in [0.3, 0.4) is 0 Å². The minimum absolute atomic E-state index is 0.147. The van der Waals surface area contributed by atoms with E-state index >= 15 is 0 Å². The number of rotatable bonds is 5. The molecule has 0 aliphatic carbocycles. The van der Waals surface area contributed by atoms with Crippen LogP contribution in [0.15, 0.2) is 35.7 Å². The molecule has 1 aromatic heterocycles. The molecule has 0 radical (unpaired) electrons. The Hall–Kier alpha value is -1.46. The maximum atomic E-state index is 13.3. The second kappa shape index (κ2) is 6.33. The monoisotopic (exact) mass is 308 g/mol. The van der Waals surface area contributed by atoms with Crippen LogP contribution in [0.5, 0.6) is 0 Å². The molecular formula is C15H17FN2S2. The van der Waals surface area contributed by atoms with Gasteiger partial charge in [-0.1, -0.05) is 32.1 Å². The molecule has 106 valence electrons. The number of benzene rings is 1. The van der Waals surface area contributed by atoms with Crippen LogP contribution in [0.1, 0.15) is 30.3 Å². The average molecular weight is 308 g/mol. The van der Waals surface area contributed by atoms with Crippen LogP contribution in [0.2, 0.25) is 0 Å². The Morgan fingerprint density at radius 1 is 1.35 bits per heavy atom. The van der Waals surface area contributed by atoms with Crippen molar-refractivity contribution >= 4 is 34.2 Å². The van der Waals surface area contributed by atoms with Crippen LogP contribution in [-0.4, -0.2) is 4.99 Å². The molecule has 0 aliphatic heterocycles. The lowest BCUT2D eigenvalue weighted by Gasteiger charge is -2.24. The maximum Gasteiger partial charge on any atom is 0.124 e. The van der Waals surface area contributed by atoms with E-state index in [1.165, 1.54) is 17.0 Å². The van der Waals surface area contributed by atoms with Crippen molar-refractivity contribution < 1.29 is 4.39 Å². The van der Waals surface area contributed by atoms with Gasteiger partial charge in [0.1, 0.15) is 10.8 Å². The number of halogens is 1. The van der Waals surface area contributed by atoms with Crippen LogP contribution in [0, 0.1) is 11.7 Å².